The Kier molecular flexibility index (Phi) is 3.93. The summed E-state index contributed by atoms with van der Waals surface area (Å²) in [7, 11) is 0. The minimum absolute atomic E-state index is 0.00569. The highest BCUT2D eigenvalue weighted by Crippen LogP contribution is 2.34. The molecule has 0 fully saturated rings. The first kappa shape index (κ1) is 14.3. The summed E-state index contributed by atoms with van der Waals surface area (Å²) < 4.78 is 5.86. The topological polar surface area (TPSA) is 61.0 Å². The van der Waals surface area contributed by atoms with Crippen molar-refractivity contribution in [2.45, 2.75) is 39.5 Å². The molecule has 0 spiro atoms. The zero-order valence-electron chi connectivity index (χ0n) is 12.5. The SMILES string of the molecule is CCc1ccc(Oc2cncc(N)n2)c(C(C)(C)C)c1. The van der Waals surface area contributed by atoms with Crippen LogP contribution in [0.2, 0.25) is 0 Å². The smallest absolute Gasteiger partial charge is 0.239 e. The lowest BCUT2D eigenvalue weighted by Crippen LogP contribution is -2.13. The lowest BCUT2D eigenvalue weighted by atomic mass is 9.85. The Morgan fingerprint density at radius 3 is 2.55 bits per heavy atom. The Labute approximate surface area is 120 Å². The third-order valence-corrected chi connectivity index (χ3v) is 3.11. The van der Waals surface area contributed by atoms with Crippen molar-refractivity contribution in [3.05, 3.63) is 41.7 Å². The summed E-state index contributed by atoms with van der Waals surface area (Å²) in [5.74, 6) is 1.57. The fourth-order valence-electron chi connectivity index (χ4n) is 2.00. The molecule has 1 aromatic carbocycles. The van der Waals surface area contributed by atoms with Gasteiger partial charge < -0.3 is 10.5 Å². The molecule has 1 heterocycles. The third kappa shape index (κ3) is 3.26. The van der Waals surface area contributed by atoms with E-state index in [1.807, 2.05) is 6.07 Å². The van der Waals surface area contributed by atoms with Crippen molar-refractivity contribution < 1.29 is 4.74 Å². The molecule has 0 bridgehead atoms. The number of hydrogen-bond acceptors (Lipinski definition) is 4. The van der Waals surface area contributed by atoms with Crippen LogP contribution in [0.5, 0.6) is 11.6 Å². The molecule has 0 unspecified atom stereocenters. The fourth-order valence-corrected chi connectivity index (χ4v) is 2.00. The van der Waals surface area contributed by atoms with Crippen molar-refractivity contribution in [3.8, 4) is 11.6 Å². The largest absolute Gasteiger partial charge is 0.437 e. The van der Waals surface area contributed by atoms with E-state index < -0.39 is 0 Å². The molecule has 106 valence electrons. The number of benzene rings is 1. The highest BCUT2D eigenvalue weighted by Gasteiger charge is 2.20. The molecule has 1 aromatic heterocycles. The predicted octanol–water partition coefficient (Wildman–Crippen LogP) is 3.71. The monoisotopic (exact) mass is 271 g/mol. The zero-order chi connectivity index (χ0) is 14.8. The first-order valence-electron chi connectivity index (χ1n) is 6.79. The van der Waals surface area contributed by atoms with Gasteiger partial charge in [-0.25, -0.2) is 0 Å². The van der Waals surface area contributed by atoms with E-state index in [4.69, 9.17) is 10.5 Å². The molecule has 0 saturated carbocycles. The minimum Gasteiger partial charge on any atom is -0.437 e. The number of nitrogen functional groups attached to an aromatic ring is 1. The summed E-state index contributed by atoms with van der Waals surface area (Å²) in [5, 5.41) is 0. The Hall–Kier alpha value is -2.10. The van der Waals surface area contributed by atoms with Crippen LogP contribution in [0.1, 0.15) is 38.8 Å². The Morgan fingerprint density at radius 2 is 1.95 bits per heavy atom. The van der Waals surface area contributed by atoms with Gasteiger partial charge in [-0.2, -0.15) is 4.98 Å². The quantitative estimate of drug-likeness (QED) is 0.924. The molecule has 0 aliphatic carbocycles. The molecule has 2 rings (SSSR count). The lowest BCUT2D eigenvalue weighted by molar-refractivity contribution is 0.438. The molecule has 20 heavy (non-hydrogen) atoms. The van der Waals surface area contributed by atoms with Crippen LogP contribution >= 0.6 is 0 Å². The maximum Gasteiger partial charge on any atom is 0.239 e. The number of aromatic nitrogens is 2. The molecule has 0 atom stereocenters. The Morgan fingerprint density at radius 1 is 1.20 bits per heavy atom. The summed E-state index contributed by atoms with van der Waals surface area (Å²) in [6.07, 6.45) is 4.07. The van der Waals surface area contributed by atoms with Crippen LogP contribution in [-0.4, -0.2) is 9.97 Å². The molecular formula is C16H21N3O. The van der Waals surface area contributed by atoms with E-state index in [1.54, 1.807) is 6.20 Å². The molecule has 4 heteroatoms. The van der Waals surface area contributed by atoms with Crippen LogP contribution in [0.3, 0.4) is 0 Å². The molecular weight excluding hydrogens is 250 g/mol. The summed E-state index contributed by atoms with van der Waals surface area (Å²) in [4.78, 5) is 8.12. The van der Waals surface area contributed by atoms with Gasteiger partial charge >= 0.3 is 0 Å². The van der Waals surface area contributed by atoms with Crippen molar-refractivity contribution in [3.63, 3.8) is 0 Å². The van der Waals surface area contributed by atoms with Crippen LogP contribution in [0.25, 0.3) is 0 Å². The van der Waals surface area contributed by atoms with Gasteiger partial charge in [-0.05, 0) is 23.5 Å². The zero-order valence-corrected chi connectivity index (χ0v) is 12.5. The van der Waals surface area contributed by atoms with Gasteiger partial charge in [0.2, 0.25) is 5.88 Å². The summed E-state index contributed by atoms with van der Waals surface area (Å²) in [6, 6.07) is 6.25. The van der Waals surface area contributed by atoms with E-state index in [9.17, 15) is 0 Å². The maximum atomic E-state index is 5.86. The molecule has 2 N–H and O–H groups in total. The number of nitrogens with two attached hydrogens (primary N) is 1. The van der Waals surface area contributed by atoms with Crippen LogP contribution in [-0.2, 0) is 11.8 Å². The van der Waals surface area contributed by atoms with Crippen molar-refractivity contribution >= 4 is 5.82 Å². The number of nitrogens with zero attached hydrogens (tertiary/aromatic N) is 2. The fraction of sp³-hybridized carbons (Fsp3) is 0.375. The van der Waals surface area contributed by atoms with E-state index >= 15 is 0 Å². The Bertz CT molecular complexity index is 603. The van der Waals surface area contributed by atoms with Crippen molar-refractivity contribution in [1.82, 2.24) is 9.97 Å². The molecule has 4 nitrogen and oxygen atoms in total. The highest BCUT2D eigenvalue weighted by atomic mass is 16.5. The molecule has 0 aliphatic heterocycles. The van der Waals surface area contributed by atoms with Gasteiger partial charge in [-0.1, -0.05) is 39.8 Å². The molecule has 2 aromatic rings. The van der Waals surface area contributed by atoms with Gasteiger partial charge in [0, 0.05) is 5.56 Å². The minimum atomic E-state index is -0.00569. The van der Waals surface area contributed by atoms with Crippen molar-refractivity contribution in [1.29, 1.82) is 0 Å². The number of ether oxygens (including phenoxy) is 1. The van der Waals surface area contributed by atoms with Gasteiger partial charge in [0.25, 0.3) is 0 Å². The van der Waals surface area contributed by atoms with Gasteiger partial charge in [-0.15, -0.1) is 0 Å². The van der Waals surface area contributed by atoms with E-state index in [0.717, 1.165) is 17.7 Å². The van der Waals surface area contributed by atoms with E-state index in [1.165, 1.54) is 11.8 Å². The molecule has 0 radical (unpaired) electrons. The van der Waals surface area contributed by atoms with E-state index in [-0.39, 0.29) is 5.41 Å². The van der Waals surface area contributed by atoms with Crippen molar-refractivity contribution in [2.24, 2.45) is 0 Å². The van der Waals surface area contributed by atoms with Gasteiger partial charge in [0.1, 0.15) is 11.6 Å². The van der Waals surface area contributed by atoms with E-state index in [2.05, 4.69) is 49.8 Å². The first-order valence-corrected chi connectivity index (χ1v) is 6.79. The second-order valence-corrected chi connectivity index (χ2v) is 5.82. The van der Waals surface area contributed by atoms with Gasteiger partial charge in [0.15, 0.2) is 0 Å². The standard InChI is InChI=1S/C16H21N3O/c1-5-11-6-7-13(12(8-11)16(2,3)4)20-15-10-18-9-14(17)19-15/h6-10H,5H2,1-4H3,(H2,17,19). The van der Waals surface area contributed by atoms with Crippen LogP contribution in [0.15, 0.2) is 30.6 Å². The summed E-state index contributed by atoms with van der Waals surface area (Å²) >= 11 is 0. The molecule has 0 saturated heterocycles. The Balaban J connectivity index is 2.41. The van der Waals surface area contributed by atoms with Crippen molar-refractivity contribution in [2.75, 3.05) is 5.73 Å². The number of anilines is 1. The average Bonchev–Trinajstić information content (AvgIpc) is 2.38. The van der Waals surface area contributed by atoms with Crippen LogP contribution in [0, 0.1) is 0 Å². The number of hydrogen-bond donors (Lipinski definition) is 1. The second-order valence-electron chi connectivity index (χ2n) is 5.82. The van der Waals surface area contributed by atoms with Crippen LogP contribution in [0.4, 0.5) is 5.82 Å². The number of aryl methyl sites for hydroxylation is 1. The lowest BCUT2D eigenvalue weighted by Gasteiger charge is -2.23. The number of rotatable bonds is 3. The summed E-state index contributed by atoms with van der Waals surface area (Å²) in [5.41, 5.74) is 8.07. The molecule has 0 aliphatic rings. The second kappa shape index (κ2) is 5.49. The van der Waals surface area contributed by atoms with Gasteiger partial charge in [-0.3, -0.25) is 4.98 Å². The first-order chi connectivity index (χ1) is 9.40. The third-order valence-electron chi connectivity index (χ3n) is 3.11. The van der Waals surface area contributed by atoms with Gasteiger partial charge in [0.05, 0.1) is 12.4 Å². The average molecular weight is 271 g/mol. The van der Waals surface area contributed by atoms with E-state index in [0.29, 0.717) is 11.7 Å². The predicted molar refractivity (Wildman–Crippen MR) is 81.0 cm³/mol. The maximum absolute atomic E-state index is 5.86. The normalized spacial score (nSPS) is 11.4. The summed E-state index contributed by atoms with van der Waals surface area (Å²) in [6.45, 7) is 8.64. The molecule has 0 amide bonds. The highest BCUT2D eigenvalue weighted by molar-refractivity contribution is 5.43. The van der Waals surface area contributed by atoms with Crippen LogP contribution < -0.4 is 10.5 Å².